The first kappa shape index (κ1) is 14.2. The number of hydrogen-bond donors (Lipinski definition) is 1. The maximum atomic E-state index is 11.2. The summed E-state index contributed by atoms with van der Waals surface area (Å²) in [5.74, 6) is 0.535. The highest BCUT2D eigenvalue weighted by Gasteiger charge is 2.08. The predicted octanol–water partition coefficient (Wildman–Crippen LogP) is 1.71. The van der Waals surface area contributed by atoms with Crippen molar-refractivity contribution in [3.05, 3.63) is 11.2 Å². The number of ether oxygens (including phenoxy) is 1. The van der Waals surface area contributed by atoms with Gasteiger partial charge in [0.15, 0.2) is 5.82 Å². The molecule has 7 heteroatoms. The number of hydrogen-bond acceptors (Lipinski definition) is 5. The zero-order chi connectivity index (χ0) is 12.8. The Morgan fingerprint density at radius 2 is 2.35 bits per heavy atom. The largest absolute Gasteiger partial charge is 0.467 e. The van der Waals surface area contributed by atoms with E-state index in [1.54, 1.807) is 6.26 Å². The molecule has 0 aliphatic rings. The van der Waals surface area contributed by atoms with Gasteiger partial charge < -0.3 is 10.1 Å². The van der Waals surface area contributed by atoms with Crippen molar-refractivity contribution in [1.82, 2.24) is 9.97 Å². The number of nitrogens with zero attached hydrogens (tertiary/aromatic N) is 2. The van der Waals surface area contributed by atoms with Gasteiger partial charge in [0.05, 0.1) is 13.3 Å². The summed E-state index contributed by atoms with van der Waals surface area (Å²) in [6.45, 7) is 2.60. The molecule has 2 unspecified atom stereocenters. The molecule has 0 saturated heterocycles. The third kappa shape index (κ3) is 4.47. The second-order valence-corrected chi connectivity index (χ2v) is 5.79. The van der Waals surface area contributed by atoms with Gasteiger partial charge in [-0.3, -0.25) is 4.21 Å². The van der Waals surface area contributed by atoms with Gasteiger partial charge in [-0.15, -0.1) is 0 Å². The van der Waals surface area contributed by atoms with E-state index >= 15 is 0 Å². The van der Waals surface area contributed by atoms with Crippen molar-refractivity contribution in [3.63, 3.8) is 0 Å². The molecule has 0 aromatic carbocycles. The third-order valence-electron chi connectivity index (χ3n) is 2.31. The summed E-state index contributed by atoms with van der Waals surface area (Å²) in [7, 11) is 0.685. The summed E-state index contributed by atoms with van der Waals surface area (Å²) < 4.78 is 16.1. The lowest BCUT2D eigenvalue weighted by molar-refractivity contribution is 0.380. The van der Waals surface area contributed by atoms with Gasteiger partial charge in [0.25, 0.3) is 0 Å². The minimum Gasteiger partial charge on any atom is -0.467 e. The van der Waals surface area contributed by atoms with Crippen LogP contribution in [-0.2, 0) is 10.8 Å². The van der Waals surface area contributed by atoms with Crippen LogP contribution in [0.2, 0.25) is 5.02 Å². The van der Waals surface area contributed by atoms with Crippen LogP contribution in [0.25, 0.3) is 0 Å². The first-order valence-corrected chi connectivity index (χ1v) is 7.17. The lowest BCUT2D eigenvalue weighted by atomic mass is 10.3. The lowest BCUT2D eigenvalue weighted by Gasteiger charge is -2.10. The van der Waals surface area contributed by atoms with Crippen molar-refractivity contribution in [1.29, 1.82) is 0 Å². The quantitative estimate of drug-likeness (QED) is 0.858. The molecule has 0 aliphatic heterocycles. The monoisotopic (exact) mass is 277 g/mol. The van der Waals surface area contributed by atoms with Crippen LogP contribution in [-0.4, -0.2) is 39.3 Å². The highest BCUT2D eigenvalue weighted by Crippen LogP contribution is 2.20. The Balaban J connectivity index is 2.54. The zero-order valence-corrected chi connectivity index (χ0v) is 11.6. The fourth-order valence-electron chi connectivity index (χ4n) is 1.13. The van der Waals surface area contributed by atoms with E-state index in [9.17, 15) is 4.21 Å². The molecule has 96 valence electrons. The summed E-state index contributed by atoms with van der Waals surface area (Å²) in [5.41, 5.74) is 0. The number of aromatic nitrogens is 2. The zero-order valence-electron chi connectivity index (χ0n) is 10.1. The Labute approximate surface area is 108 Å². The topological polar surface area (TPSA) is 64.1 Å². The minimum atomic E-state index is -0.810. The average molecular weight is 278 g/mol. The maximum Gasteiger partial charge on any atom is 0.318 e. The van der Waals surface area contributed by atoms with Crippen molar-refractivity contribution in [2.45, 2.75) is 18.6 Å². The molecule has 0 amide bonds. The van der Waals surface area contributed by atoms with Gasteiger partial charge in [-0.05, 0) is 6.42 Å². The van der Waals surface area contributed by atoms with Crippen LogP contribution in [0.4, 0.5) is 5.82 Å². The number of rotatable bonds is 6. The standard InChI is InChI=1S/C10H16ClN3O2S/c1-7(17(3)15)4-5-12-9-8(11)6-13-10(14-9)16-2/h6-7H,4-5H2,1-3H3,(H,12,13,14). The summed E-state index contributed by atoms with van der Waals surface area (Å²) >= 11 is 5.93. The molecule has 1 rings (SSSR count). The van der Waals surface area contributed by atoms with Gasteiger partial charge in [0.2, 0.25) is 0 Å². The highest BCUT2D eigenvalue weighted by atomic mass is 35.5. The number of halogens is 1. The smallest absolute Gasteiger partial charge is 0.318 e. The van der Waals surface area contributed by atoms with E-state index < -0.39 is 10.8 Å². The maximum absolute atomic E-state index is 11.2. The minimum absolute atomic E-state index is 0.144. The van der Waals surface area contributed by atoms with Crippen LogP contribution in [0, 0.1) is 0 Å². The molecule has 17 heavy (non-hydrogen) atoms. The van der Waals surface area contributed by atoms with Crippen molar-refractivity contribution in [3.8, 4) is 6.01 Å². The summed E-state index contributed by atoms with van der Waals surface area (Å²) in [6.07, 6.45) is 3.97. The van der Waals surface area contributed by atoms with Gasteiger partial charge >= 0.3 is 6.01 Å². The van der Waals surface area contributed by atoms with Crippen LogP contribution in [0.3, 0.4) is 0 Å². The number of methoxy groups -OCH3 is 1. The predicted molar refractivity (Wildman–Crippen MR) is 70.2 cm³/mol. The lowest BCUT2D eigenvalue weighted by Crippen LogP contribution is -2.15. The van der Waals surface area contributed by atoms with Crippen molar-refractivity contribution < 1.29 is 8.95 Å². The Hall–Kier alpha value is -0.880. The molecular formula is C10H16ClN3O2S. The molecule has 0 aliphatic carbocycles. The SMILES string of the molecule is COc1ncc(Cl)c(NCCC(C)S(C)=O)n1. The molecule has 5 nitrogen and oxygen atoms in total. The molecule has 1 aromatic rings. The van der Waals surface area contributed by atoms with Gasteiger partial charge in [-0.25, -0.2) is 4.98 Å². The fraction of sp³-hybridized carbons (Fsp3) is 0.600. The van der Waals surface area contributed by atoms with E-state index in [0.29, 0.717) is 17.4 Å². The first-order chi connectivity index (χ1) is 8.04. The molecule has 0 spiro atoms. The van der Waals surface area contributed by atoms with Gasteiger partial charge in [-0.2, -0.15) is 4.98 Å². The Morgan fingerprint density at radius 1 is 1.65 bits per heavy atom. The average Bonchev–Trinajstić information content (AvgIpc) is 2.31. The second kappa shape index (κ2) is 6.76. The van der Waals surface area contributed by atoms with E-state index in [2.05, 4.69) is 15.3 Å². The molecule has 1 aromatic heterocycles. The molecule has 0 radical (unpaired) electrons. The van der Waals surface area contributed by atoms with Crippen molar-refractivity contribution in [2.24, 2.45) is 0 Å². The van der Waals surface area contributed by atoms with E-state index in [-0.39, 0.29) is 11.3 Å². The number of anilines is 1. The Kier molecular flexibility index (Phi) is 5.64. The van der Waals surface area contributed by atoms with E-state index in [1.807, 2.05) is 6.92 Å². The number of nitrogens with one attached hydrogen (secondary N) is 1. The summed E-state index contributed by atoms with van der Waals surface area (Å²) in [4.78, 5) is 7.96. The normalized spacial score (nSPS) is 14.1. The van der Waals surface area contributed by atoms with Crippen LogP contribution in [0.15, 0.2) is 6.20 Å². The van der Waals surface area contributed by atoms with Gasteiger partial charge in [0, 0.05) is 28.9 Å². The van der Waals surface area contributed by atoms with Crippen LogP contribution in [0.1, 0.15) is 13.3 Å². The molecule has 0 fully saturated rings. The summed E-state index contributed by atoms with van der Waals surface area (Å²) in [5, 5.41) is 3.66. The van der Waals surface area contributed by atoms with E-state index in [4.69, 9.17) is 16.3 Å². The van der Waals surface area contributed by atoms with Crippen LogP contribution < -0.4 is 10.1 Å². The third-order valence-corrected chi connectivity index (χ3v) is 3.96. The highest BCUT2D eigenvalue weighted by molar-refractivity contribution is 7.84. The summed E-state index contributed by atoms with van der Waals surface area (Å²) in [6, 6.07) is 0.268. The van der Waals surface area contributed by atoms with Crippen molar-refractivity contribution >= 4 is 28.2 Å². The Bertz CT molecular complexity index is 403. The van der Waals surface area contributed by atoms with Crippen molar-refractivity contribution in [2.75, 3.05) is 25.2 Å². The molecule has 2 atom stereocenters. The van der Waals surface area contributed by atoms with Gasteiger partial charge in [0.1, 0.15) is 5.02 Å². The van der Waals surface area contributed by atoms with E-state index in [1.165, 1.54) is 13.3 Å². The molecule has 1 N–H and O–H groups in total. The van der Waals surface area contributed by atoms with Crippen LogP contribution >= 0.6 is 11.6 Å². The molecule has 0 saturated carbocycles. The van der Waals surface area contributed by atoms with Crippen LogP contribution in [0.5, 0.6) is 6.01 Å². The van der Waals surface area contributed by atoms with Gasteiger partial charge in [-0.1, -0.05) is 18.5 Å². The molecule has 0 bridgehead atoms. The first-order valence-electron chi connectivity index (χ1n) is 5.17. The Morgan fingerprint density at radius 3 is 2.94 bits per heavy atom. The van der Waals surface area contributed by atoms with E-state index in [0.717, 1.165) is 6.42 Å². The fourth-order valence-corrected chi connectivity index (χ4v) is 1.74. The molecular weight excluding hydrogens is 262 g/mol. The molecule has 1 heterocycles. The second-order valence-electron chi connectivity index (χ2n) is 3.58.